The van der Waals surface area contributed by atoms with Crippen molar-refractivity contribution in [2.75, 3.05) is 13.2 Å². The molecule has 0 N–H and O–H groups in total. The summed E-state index contributed by atoms with van der Waals surface area (Å²) < 4.78 is 16.9. The van der Waals surface area contributed by atoms with Crippen molar-refractivity contribution in [1.82, 2.24) is 0 Å². The van der Waals surface area contributed by atoms with Crippen molar-refractivity contribution in [3.05, 3.63) is 97.2 Å². The molecule has 6 heteroatoms. The lowest BCUT2D eigenvalue weighted by Crippen LogP contribution is -2.30. The lowest BCUT2D eigenvalue weighted by Gasteiger charge is -2.18. The second-order valence-electron chi connectivity index (χ2n) is 20.6. The molecule has 0 saturated carbocycles. The molecule has 0 amide bonds. The Morgan fingerprint density at radius 2 is 0.486 bits per heavy atom. The summed E-state index contributed by atoms with van der Waals surface area (Å²) in [4.78, 5) is 38.3. The van der Waals surface area contributed by atoms with E-state index in [1.54, 1.807) is 0 Å². The van der Waals surface area contributed by atoms with E-state index < -0.39 is 6.10 Å². The number of esters is 3. The van der Waals surface area contributed by atoms with E-state index in [0.29, 0.717) is 19.3 Å². The zero-order chi connectivity index (χ0) is 53.6. The highest BCUT2D eigenvalue weighted by Crippen LogP contribution is 2.15. The van der Waals surface area contributed by atoms with Crippen LogP contribution in [0.4, 0.5) is 0 Å². The minimum atomic E-state index is -0.796. The SMILES string of the molecule is CCCCC/C=C\C/C=C\C/C=C\CCCCCCCCC(=O)OCC(COC(=O)CCCCCCCCC/C=C\C/C=C\CCCCCC)OC(=O)CCCCCCCC/C=C\C/C=C\C/C=C\CCCCC. The van der Waals surface area contributed by atoms with Gasteiger partial charge in [0.1, 0.15) is 13.2 Å². The smallest absolute Gasteiger partial charge is 0.306 e. The van der Waals surface area contributed by atoms with Gasteiger partial charge in [-0.05, 0) is 128 Å². The lowest BCUT2D eigenvalue weighted by molar-refractivity contribution is -0.167. The highest BCUT2D eigenvalue weighted by molar-refractivity contribution is 5.71. The molecule has 0 bridgehead atoms. The molecule has 0 radical (unpaired) electrons. The molecular formula is C68H116O6. The average molecular weight is 1030 g/mol. The maximum absolute atomic E-state index is 12.9. The van der Waals surface area contributed by atoms with Crippen molar-refractivity contribution in [1.29, 1.82) is 0 Å². The Hall–Kier alpha value is -3.67. The van der Waals surface area contributed by atoms with Crippen molar-refractivity contribution in [2.45, 2.75) is 303 Å². The summed E-state index contributed by atoms with van der Waals surface area (Å²) in [6, 6.07) is 0. The van der Waals surface area contributed by atoms with E-state index in [1.807, 2.05) is 0 Å². The lowest BCUT2D eigenvalue weighted by atomic mass is 10.1. The number of hydrogen-bond donors (Lipinski definition) is 0. The minimum Gasteiger partial charge on any atom is -0.462 e. The Morgan fingerprint density at radius 1 is 0.270 bits per heavy atom. The standard InChI is InChI=1S/C68H116O6/c1-4-7-10-13-16-19-22-25-28-31-34-37-40-43-46-49-52-55-58-61-67(70)73-64-65(63-72-66(69)60-57-54-51-48-45-42-39-36-33-30-27-24-21-18-15-12-9-6-3)74-68(71)62-59-56-53-50-47-44-41-38-35-32-29-26-23-20-17-14-11-8-5-2/h16-17,19-21,24-26,28-30,33-35,37-38,65H,4-15,18,22-23,27,31-32,36,39-64H2,1-3H3/b19-16-,20-17-,24-21-,28-25-,29-26-,33-30-,37-34-,38-35-. The molecular weight excluding hydrogens is 913 g/mol. The molecule has 0 heterocycles. The summed E-state index contributed by atoms with van der Waals surface area (Å²) >= 11 is 0. The summed E-state index contributed by atoms with van der Waals surface area (Å²) in [6.07, 6.45) is 82.5. The van der Waals surface area contributed by atoms with Gasteiger partial charge in [0.2, 0.25) is 0 Å². The fourth-order valence-electron chi connectivity index (χ4n) is 8.55. The summed E-state index contributed by atoms with van der Waals surface area (Å²) in [5.74, 6) is -0.916. The second-order valence-corrected chi connectivity index (χ2v) is 20.6. The molecule has 1 atom stereocenters. The van der Waals surface area contributed by atoms with Gasteiger partial charge in [-0.15, -0.1) is 0 Å². The first-order chi connectivity index (χ1) is 36.5. The number of ether oxygens (including phenoxy) is 3. The Kier molecular flexibility index (Phi) is 58.8. The van der Waals surface area contributed by atoms with E-state index in [1.165, 1.54) is 141 Å². The molecule has 0 spiro atoms. The Balaban J connectivity index is 4.46. The zero-order valence-corrected chi connectivity index (χ0v) is 48.6. The molecule has 0 saturated heterocycles. The molecule has 0 aliphatic carbocycles. The first kappa shape index (κ1) is 70.3. The molecule has 0 rings (SSSR count). The van der Waals surface area contributed by atoms with E-state index in [9.17, 15) is 14.4 Å². The van der Waals surface area contributed by atoms with Gasteiger partial charge in [0.05, 0.1) is 0 Å². The normalized spacial score (nSPS) is 12.7. The third-order valence-corrected chi connectivity index (χ3v) is 13.3. The highest BCUT2D eigenvalue weighted by atomic mass is 16.6. The van der Waals surface area contributed by atoms with Gasteiger partial charge in [0.15, 0.2) is 6.10 Å². The quantitative estimate of drug-likeness (QED) is 0.0261. The van der Waals surface area contributed by atoms with Gasteiger partial charge in [-0.2, -0.15) is 0 Å². The average Bonchev–Trinajstić information content (AvgIpc) is 3.40. The summed E-state index contributed by atoms with van der Waals surface area (Å²) in [6.45, 7) is 6.56. The van der Waals surface area contributed by atoms with Crippen LogP contribution in [0.25, 0.3) is 0 Å². The van der Waals surface area contributed by atoms with Crippen LogP contribution in [0.2, 0.25) is 0 Å². The zero-order valence-electron chi connectivity index (χ0n) is 48.6. The maximum atomic E-state index is 12.9. The molecule has 0 aromatic heterocycles. The van der Waals surface area contributed by atoms with E-state index >= 15 is 0 Å². The second kappa shape index (κ2) is 61.9. The molecule has 0 aromatic rings. The summed E-state index contributed by atoms with van der Waals surface area (Å²) in [5, 5.41) is 0. The van der Waals surface area contributed by atoms with Gasteiger partial charge in [-0.25, -0.2) is 0 Å². The molecule has 424 valence electrons. The summed E-state index contributed by atoms with van der Waals surface area (Å²) in [7, 11) is 0. The fourth-order valence-corrected chi connectivity index (χ4v) is 8.55. The van der Waals surface area contributed by atoms with Crippen molar-refractivity contribution < 1.29 is 28.6 Å². The first-order valence-electron chi connectivity index (χ1n) is 31.2. The fraction of sp³-hybridized carbons (Fsp3) is 0.721. The number of hydrogen-bond acceptors (Lipinski definition) is 6. The van der Waals surface area contributed by atoms with Gasteiger partial charge in [0, 0.05) is 19.3 Å². The van der Waals surface area contributed by atoms with Crippen LogP contribution in [0, 0.1) is 0 Å². The van der Waals surface area contributed by atoms with E-state index in [0.717, 1.165) is 116 Å². The topological polar surface area (TPSA) is 78.9 Å². The predicted molar refractivity (Wildman–Crippen MR) is 320 cm³/mol. The van der Waals surface area contributed by atoms with Crippen molar-refractivity contribution in [3.63, 3.8) is 0 Å². The molecule has 0 aliphatic rings. The van der Waals surface area contributed by atoms with Gasteiger partial charge in [0.25, 0.3) is 0 Å². The Labute approximate surface area is 457 Å². The van der Waals surface area contributed by atoms with Crippen molar-refractivity contribution >= 4 is 17.9 Å². The third-order valence-electron chi connectivity index (χ3n) is 13.3. The minimum absolute atomic E-state index is 0.0916. The number of unbranched alkanes of at least 4 members (excludes halogenated alkanes) is 29. The Bertz CT molecular complexity index is 1460. The first-order valence-corrected chi connectivity index (χ1v) is 31.2. The number of carbonyl (C=O) groups is 3. The van der Waals surface area contributed by atoms with Crippen LogP contribution >= 0.6 is 0 Å². The summed E-state index contributed by atoms with van der Waals surface area (Å²) in [5.41, 5.74) is 0. The third kappa shape index (κ3) is 59.2. The molecule has 74 heavy (non-hydrogen) atoms. The number of rotatable bonds is 56. The van der Waals surface area contributed by atoms with Crippen LogP contribution in [0.3, 0.4) is 0 Å². The molecule has 0 aromatic carbocycles. The highest BCUT2D eigenvalue weighted by Gasteiger charge is 2.19. The van der Waals surface area contributed by atoms with Crippen molar-refractivity contribution in [3.8, 4) is 0 Å². The van der Waals surface area contributed by atoms with Gasteiger partial charge >= 0.3 is 17.9 Å². The maximum Gasteiger partial charge on any atom is 0.306 e. The van der Waals surface area contributed by atoms with Crippen LogP contribution < -0.4 is 0 Å². The van der Waals surface area contributed by atoms with E-state index in [2.05, 4.69) is 118 Å². The predicted octanol–water partition coefficient (Wildman–Crippen LogP) is 21.3. The van der Waals surface area contributed by atoms with Crippen LogP contribution in [-0.4, -0.2) is 37.2 Å². The van der Waals surface area contributed by atoms with Crippen LogP contribution in [0.5, 0.6) is 0 Å². The van der Waals surface area contributed by atoms with Gasteiger partial charge in [-0.3, -0.25) is 14.4 Å². The number of allylic oxidation sites excluding steroid dienone is 16. The van der Waals surface area contributed by atoms with Crippen LogP contribution in [0.1, 0.15) is 297 Å². The molecule has 1 unspecified atom stereocenters. The monoisotopic (exact) mass is 1030 g/mol. The largest absolute Gasteiger partial charge is 0.462 e. The molecule has 6 nitrogen and oxygen atoms in total. The van der Waals surface area contributed by atoms with Crippen molar-refractivity contribution in [2.24, 2.45) is 0 Å². The van der Waals surface area contributed by atoms with E-state index in [4.69, 9.17) is 14.2 Å². The molecule has 0 fully saturated rings. The van der Waals surface area contributed by atoms with Crippen LogP contribution in [0.15, 0.2) is 97.2 Å². The molecule has 0 aliphatic heterocycles. The number of carbonyl (C=O) groups excluding carboxylic acids is 3. The Morgan fingerprint density at radius 3 is 0.784 bits per heavy atom. The van der Waals surface area contributed by atoms with E-state index in [-0.39, 0.29) is 31.1 Å². The van der Waals surface area contributed by atoms with Gasteiger partial charge in [-0.1, -0.05) is 246 Å². The van der Waals surface area contributed by atoms with Crippen LogP contribution in [-0.2, 0) is 28.6 Å². The van der Waals surface area contributed by atoms with Gasteiger partial charge < -0.3 is 14.2 Å².